The molecule has 0 saturated heterocycles. The summed E-state index contributed by atoms with van der Waals surface area (Å²) < 4.78 is 40.9. The van der Waals surface area contributed by atoms with E-state index >= 15 is 0 Å². The summed E-state index contributed by atoms with van der Waals surface area (Å²) in [6, 6.07) is 23.9. The van der Waals surface area contributed by atoms with E-state index < -0.39 is 10.0 Å². The zero-order chi connectivity index (χ0) is 23.6. The highest BCUT2D eigenvalue weighted by atomic mass is 79.9. The minimum atomic E-state index is -3.87. The Morgan fingerprint density at radius 1 is 0.848 bits per heavy atom. The summed E-state index contributed by atoms with van der Waals surface area (Å²) in [5.41, 5.74) is 2.35. The fourth-order valence-corrected chi connectivity index (χ4v) is 5.64. The molecule has 0 bridgehead atoms. The van der Waals surface area contributed by atoms with E-state index in [0.29, 0.717) is 17.2 Å². The van der Waals surface area contributed by atoms with Crippen molar-refractivity contribution in [3.63, 3.8) is 0 Å². The van der Waals surface area contributed by atoms with Gasteiger partial charge >= 0.3 is 0 Å². The second-order valence-corrected chi connectivity index (χ2v) is 10.3. The van der Waals surface area contributed by atoms with E-state index in [4.69, 9.17) is 9.47 Å². The van der Waals surface area contributed by atoms with Gasteiger partial charge in [-0.3, -0.25) is 4.31 Å². The van der Waals surface area contributed by atoms with Gasteiger partial charge < -0.3 is 9.47 Å². The summed E-state index contributed by atoms with van der Waals surface area (Å²) in [5, 5.41) is 1.82. The maximum atomic E-state index is 13.9. The van der Waals surface area contributed by atoms with Crippen LogP contribution in [0.4, 0.5) is 5.69 Å². The van der Waals surface area contributed by atoms with E-state index in [1.54, 1.807) is 50.6 Å². The minimum Gasteiger partial charge on any atom is -0.493 e. The van der Waals surface area contributed by atoms with Gasteiger partial charge in [0.05, 0.1) is 31.3 Å². The zero-order valence-corrected chi connectivity index (χ0v) is 21.0. The van der Waals surface area contributed by atoms with Gasteiger partial charge in [0.25, 0.3) is 10.0 Å². The van der Waals surface area contributed by atoms with Crippen molar-refractivity contribution in [1.29, 1.82) is 0 Å². The zero-order valence-electron chi connectivity index (χ0n) is 18.6. The number of nitrogens with zero attached hydrogens (tertiary/aromatic N) is 1. The Kier molecular flexibility index (Phi) is 6.63. The van der Waals surface area contributed by atoms with Gasteiger partial charge in [-0.15, -0.1) is 0 Å². The maximum absolute atomic E-state index is 13.9. The molecule has 0 aliphatic carbocycles. The summed E-state index contributed by atoms with van der Waals surface area (Å²) in [6.45, 7) is 2.03. The number of fused-ring (bicyclic) bond motifs is 1. The van der Waals surface area contributed by atoms with Crippen LogP contribution in [-0.4, -0.2) is 22.6 Å². The molecule has 0 heterocycles. The first-order valence-electron chi connectivity index (χ1n) is 10.3. The van der Waals surface area contributed by atoms with Crippen molar-refractivity contribution in [2.45, 2.75) is 18.4 Å². The van der Waals surface area contributed by atoms with E-state index in [0.717, 1.165) is 26.4 Å². The van der Waals surface area contributed by atoms with Crippen molar-refractivity contribution >= 4 is 42.4 Å². The summed E-state index contributed by atoms with van der Waals surface area (Å²) in [4.78, 5) is 0.234. The molecule has 0 atom stereocenters. The fourth-order valence-electron chi connectivity index (χ4n) is 3.74. The van der Waals surface area contributed by atoms with E-state index in [1.807, 2.05) is 49.4 Å². The third-order valence-electron chi connectivity index (χ3n) is 5.51. The molecule has 4 aromatic rings. The predicted octanol–water partition coefficient (Wildman–Crippen LogP) is 6.32. The second-order valence-electron chi connectivity index (χ2n) is 7.62. The van der Waals surface area contributed by atoms with Crippen LogP contribution < -0.4 is 13.8 Å². The van der Waals surface area contributed by atoms with Crippen LogP contribution in [0.2, 0.25) is 0 Å². The lowest BCUT2D eigenvalue weighted by Gasteiger charge is -2.27. The Morgan fingerprint density at radius 2 is 1.48 bits per heavy atom. The molecule has 4 rings (SSSR count). The van der Waals surface area contributed by atoms with Crippen LogP contribution >= 0.6 is 15.9 Å². The van der Waals surface area contributed by atoms with Crippen molar-refractivity contribution in [1.82, 2.24) is 0 Å². The lowest BCUT2D eigenvalue weighted by molar-refractivity contribution is 0.354. The molecule has 170 valence electrons. The molecule has 5 nitrogen and oxygen atoms in total. The molecule has 4 aromatic carbocycles. The number of sulfonamides is 1. The Morgan fingerprint density at radius 3 is 2.18 bits per heavy atom. The predicted molar refractivity (Wildman–Crippen MR) is 136 cm³/mol. The molecular weight excluding hydrogens is 502 g/mol. The number of aryl methyl sites for hydroxylation is 1. The molecule has 0 saturated carbocycles. The van der Waals surface area contributed by atoms with Gasteiger partial charge in [0.15, 0.2) is 11.5 Å². The average molecular weight is 526 g/mol. The Labute approximate surface area is 202 Å². The van der Waals surface area contributed by atoms with Gasteiger partial charge in [0.2, 0.25) is 0 Å². The Bertz CT molecular complexity index is 1400. The monoisotopic (exact) mass is 525 g/mol. The first kappa shape index (κ1) is 23.1. The first-order chi connectivity index (χ1) is 15.8. The quantitative estimate of drug-likeness (QED) is 0.283. The van der Waals surface area contributed by atoms with Gasteiger partial charge in [-0.2, -0.15) is 0 Å². The van der Waals surface area contributed by atoms with Crippen molar-refractivity contribution < 1.29 is 17.9 Å². The lowest BCUT2D eigenvalue weighted by atomic mass is 10.1. The summed E-state index contributed by atoms with van der Waals surface area (Å²) in [7, 11) is -0.752. The van der Waals surface area contributed by atoms with Crippen molar-refractivity contribution in [3.05, 3.63) is 94.5 Å². The number of hydrogen-bond donors (Lipinski definition) is 0. The number of hydrogen-bond acceptors (Lipinski definition) is 4. The number of anilines is 1. The van der Waals surface area contributed by atoms with E-state index in [1.165, 1.54) is 4.31 Å². The molecule has 0 spiro atoms. The van der Waals surface area contributed by atoms with Crippen LogP contribution in [0.3, 0.4) is 0 Å². The third-order valence-corrected chi connectivity index (χ3v) is 8.02. The molecular formula is C26H24BrNO4S. The summed E-state index contributed by atoms with van der Waals surface area (Å²) in [5.74, 6) is 1.09. The fraction of sp³-hybridized carbons (Fsp3) is 0.154. The van der Waals surface area contributed by atoms with Gasteiger partial charge in [-0.25, -0.2) is 8.42 Å². The molecule has 0 radical (unpaired) electrons. The summed E-state index contributed by atoms with van der Waals surface area (Å²) in [6.07, 6.45) is 0. The molecule has 0 unspecified atom stereocenters. The topological polar surface area (TPSA) is 55.8 Å². The molecule has 0 fully saturated rings. The molecule has 33 heavy (non-hydrogen) atoms. The maximum Gasteiger partial charge on any atom is 0.264 e. The second kappa shape index (κ2) is 9.45. The third kappa shape index (κ3) is 4.56. The number of halogens is 1. The number of rotatable bonds is 7. The number of methoxy groups -OCH3 is 2. The smallest absolute Gasteiger partial charge is 0.264 e. The standard InChI is InChI=1S/C26H24BrNO4S/c1-18-11-13-21(14-12-18)33(29,30)28(24-10-6-8-19-7-4-5-9-22(19)24)17-20-15-25(31-2)26(32-3)16-23(20)27/h4-16H,17H2,1-3H3. The van der Waals surface area contributed by atoms with Crippen molar-refractivity contribution in [2.24, 2.45) is 0 Å². The van der Waals surface area contributed by atoms with Gasteiger partial charge in [0, 0.05) is 9.86 Å². The number of benzene rings is 4. The molecule has 0 N–H and O–H groups in total. The van der Waals surface area contributed by atoms with Crippen LogP contribution in [-0.2, 0) is 16.6 Å². The van der Waals surface area contributed by atoms with Crippen molar-refractivity contribution in [3.8, 4) is 11.5 Å². The highest BCUT2D eigenvalue weighted by molar-refractivity contribution is 9.10. The molecule has 7 heteroatoms. The normalized spacial score (nSPS) is 11.4. The highest BCUT2D eigenvalue weighted by Crippen LogP contribution is 2.37. The van der Waals surface area contributed by atoms with Crippen LogP contribution in [0, 0.1) is 6.92 Å². The van der Waals surface area contributed by atoms with Crippen LogP contribution in [0.5, 0.6) is 11.5 Å². The SMILES string of the molecule is COc1cc(Br)c(CN(c2cccc3ccccc23)S(=O)(=O)c2ccc(C)cc2)cc1OC. The Balaban J connectivity index is 1.91. The minimum absolute atomic E-state index is 0.102. The molecule has 0 aromatic heterocycles. The lowest BCUT2D eigenvalue weighted by Crippen LogP contribution is -2.31. The van der Waals surface area contributed by atoms with E-state index in [9.17, 15) is 8.42 Å². The molecule has 0 amide bonds. The largest absolute Gasteiger partial charge is 0.493 e. The van der Waals surface area contributed by atoms with Gasteiger partial charge in [-0.05, 0) is 48.2 Å². The van der Waals surface area contributed by atoms with Crippen molar-refractivity contribution in [2.75, 3.05) is 18.5 Å². The molecule has 0 aliphatic rings. The number of ether oxygens (including phenoxy) is 2. The van der Waals surface area contributed by atoms with Crippen LogP contribution in [0.25, 0.3) is 10.8 Å². The first-order valence-corrected chi connectivity index (χ1v) is 12.6. The van der Waals surface area contributed by atoms with E-state index in [-0.39, 0.29) is 11.4 Å². The highest BCUT2D eigenvalue weighted by Gasteiger charge is 2.27. The van der Waals surface area contributed by atoms with Crippen LogP contribution in [0.15, 0.2) is 88.2 Å². The molecule has 0 aliphatic heterocycles. The van der Waals surface area contributed by atoms with Gasteiger partial charge in [0.1, 0.15) is 0 Å². The van der Waals surface area contributed by atoms with Crippen LogP contribution in [0.1, 0.15) is 11.1 Å². The van der Waals surface area contributed by atoms with Gasteiger partial charge in [-0.1, -0.05) is 70.0 Å². The average Bonchev–Trinajstić information content (AvgIpc) is 2.83. The summed E-state index contributed by atoms with van der Waals surface area (Å²) >= 11 is 3.58. The Hall–Kier alpha value is -3.03. The van der Waals surface area contributed by atoms with E-state index in [2.05, 4.69) is 15.9 Å².